The maximum absolute atomic E-state index is 12.8. The zero-order valence-corrected chi connectivity index (χ0v) is 14.7. The number of rotatable bonds is 4. The molecule has 1 aromatic rings. The van der Waals surface area contributed by atoms with Crippen molar-refractivity contribution in [3.8, 4) is 11.5 Å². The average molecular weight is 335 g/mol. The Bertz CT molecular complexity index is 595. The molecule has 0 bridgehead atoms. The van der Waals surface area contributed by atoms with Crippen LogP contribution in [0.15, 0.2) is 18.2 Å². The third-order valence-electron chi connectivity index (χ3n) is 3.90. The van der Waals surface area contributed by atoms with Gasteiger partial charge in [0.25, 0.3) is 5.91 Å². The molecule has 7 nitrogen and oxygen atoms in total. The van der Waals surface area contributed by atoms with Gasteiger partial charge in [0.2, 0.25) is 0 Å². The van der Waals surface area contributed by atoms with Gasteiger partial charge in [-0.25, -0.2) is 4.79 Å². The average Bonchev–Trinajstić information content (AvgIpc) is 2.60. The second kappa shape index (κ2) is 7.90. The van der Waals surface area contributed by atoms with Gasteiger partial charge < -0.3 is 24.6 Å². The predicted octanol–water partition coefficient (Wildman–Crippen LogP) is 1.58. The number of hydrogen-bond acceptors (Lipinski definition) is 4. The molecule has 132 valence electrons. The Morgan fingerprint density at radius 3 is 2.21 bits per heavy atom. The molecule has 1 aliphatic heterocycles. The molecule has 1 heterocycles. The largest absolute Gasteiger partial charge is 0.497 e. The number of methoxy groups -OCH3 is 2. The van der Waals surface area contributed by atoms with Gasteiger partial charge in [-0.15, -0.1) is 0 Å². The van der Waals surface area contributed by atoms with Crippen LogP contribution in [0, 0.1) is 0 Å². The Morgan fingerprint density at radius 1 is 1.04 bits per heavy atom. The number of carbonyl (C=O) groups excluding carboxylic acids is 2. The summed E-state index contributed by atoms with van der Waals surface area (Å²) in [6.45, 7) is 5.85. The fourth-order valence-electron chi connectivity index (χ4n) is 2.60. The Balaban J connectivity index is 2.04. The van der Waals surface area contributed by atoms with Crippen LogP contribution in [0.1, 0.15) is 24.2 Å². The summed E-state index contributed by atoms with van der Waals surface area (Å²) in [5.74, 6) is 1.00. The van der Waals surface area contributed by atoms with Crippen molar-refractivity contribution in [1.82, 2.24) is 15.1 Å². The Kier molecular flexibility index (Phi) is 5.89. The van der Waals surface area contributed by atoms with E-state index in [0.717, 1.165) is 0 Å². The van der Waals surface area contributed by atoms with E-state index >= 15 is 0 Å². The Morgan fingerprint density at radius 2 is 1.67 bits per heavy atom. The van der Waals surface area contributed by atoms with Crippen LogP contribution < -0.4 is 14.8 Å². The highest BCUT2D eigenvalue weighted by molar-refractivity contribution is 5.97. The molecule has 24 heavy (non-hydrogen) atoms. The summed E-state index contributed by atoms with van der Waals surface area (Å²) in [6, 6.07) is 5.16. The lowest BCUT2D eigenvalue weighted by Gasteiger charge is -2.35. The summed E-state index contributed by atoms with van der Waals surface area (Å²) in [4.78, 5) is 28.2. The maximum Gasteiger partial charge on any atom is 0.317 e. The molecule has 0 aromatic heterocycles. The van der Waals surface area contributed by atoms with Gasteiger partial charge in [-0.3, -0.25) is 4.79 Å². The van der Waals surface area contributed by atoms with E-state index in [4.69, 9.17) is 9.47 Å². The molecule has 0 spiro atoms. The first-order valence-electron chi connectivity index (χ1n) is 8.03. The maximum atomic E-state index is 12.8. The molecule has 0 unspecified atom stereocenters. The first kappa shape index (κ1) is 17.9. The Hall–Kier alpha value is -2.44. The highest BCUT2D eigenvalue weighted by Gasteiger charge is 2.26. The van der Waals surface area contributed by atoms with Crippen molar-refractivity contribution in [2.75, 3.05) is 40.4 Å². The number of carbonyl (C=O) groups is 2. The lowest BCUT2D eigenvalue weighted by molar-refractivity contribution is 0.0660. The van der Waals surface area contributed by atoms with Crippen LogP contribution in [0.5, 0.6) is 11.5 Å². The zero-order valence-electron chi connectivity index (χ0n) is 14.7. The lowest BCUT2D eigenvalue weighted by Crippen LogP contribution is -2.54. The number of nitrogens with one attached hydrogen (secondary N) is 1. The molecule has 1 fully saturated rings. The van der Waals surface area contributed by atoms with E-state index in [9.17, 15) is 9.59 Å². The van der Waals surface area contributed by atoms with Gasteiger partial charge in [0.05, 0.1) is 19.8 Å². The van der Waals surface area contributed by atoms with Crippen molar-refractivity contribution >= 4 is 11.9 Å². The molecular weight excluding hydrogens is 310 g/mol. The highest BCUT2D eigenvalue weighted by atomic mass is 16.5. The number of ether oxygens (including phenoxy) is 2. The smallest absolute Gasteiger partial charge is 0.317 e. The van der Waals surface area contributed by atoms with Crippen LogP contribution in [0.3, 0.4) is 0 Å². The van der Waals surface area contributed by atoms with Crippen molar-refractivity contribution in [1.29, 1.82) is 0 Å². The first-order chi connectivity index (χ1) is 11.5. The second-order valence-electron chi connectivity index (χ2n) is 5.95. The van der Waals surface area contributed by atoms with Gasteiger partial charge in [0.15, 0.2) is 0 Å². The van der Waals surface area contributed by atoms with Crippen LogP contribution in [0.25, 0.3) is 0 Å². The molecule has 1 N–H and O–H groups in total. The van der Waals surface area contributed by atoms with Crippen LogP contribution in [0.2, 0.25) is 0 Å². The minimum absolute atomic E-state index is 0.0870. The fourth-order valence-corrected chi connectivity index (χ4v) is 2.60. The summed E-state index contributed by atoms with van der Waals surface area (Å²) in [7, 11) is 3.09. The summed E-state index contributed by atoms with van der Waals surface area (Å²) < 4.78 is 10.5. The molecule has 1 aromatic carbocycles. The standard InChI is InChI=1S/C17H25N3O4/c1-12(2)18-17(22)20-9-7-19(8-10-20)16(21)14-11-13(23-3)5-6-15(14)24-4/h5-6,11-12H,7-10H2,1-4H3,(H,18,22). The SMILES string of the molecule is COc1ccc(OC)c(C(=O)N2CCN(C(=O)NC(C)C)CC2)c1. The quantitative estimate of drug-likeness (QED) is 0.907. The van der Waals surface area contributed by atoms with E-state index in [-0.39, 0.29) is 18.0 Å². The fraction of sp³-hybridized carbons (Fsp3) is 0.529. The number of urea groups is 1. The van der Waals surface area contributed by atoms with Crippen molar-refractivity contribution in [2.45, 2.75) is 19.9 Å². The van der Waals surface area contributed by atoms with Gasteiger partial charge in [-0.2, -0.15) is 0 Å². The van der Waals surface area contributed by atoms with Crippen molar-refractivity contribution in [3.63, 3.8) is 0 Å². The number of benzene rings is 1. The normalized spacial score (nSPS) is 14.5. The van der Waals surface area contributed by atoms with Crippen molar-refractivity contribution < 1.29 is 19.1 Å². The van der Waals surface area contributed by atoms with Crippen LogP contribution in [-0.4, -0.2) is 68.2 Å². The van der Waals surface area contributed by atoms with Gasteiger partial charge in [-0.1, -0.05) is 0 Å². The number of hydrogen-bond donors (Lipinski definition) is 1. The molecule has 0 atom stereocenters. The minimum Gasteiger partial charge on any atom is -0.497 e. The van der Waals surface area contributed by atoms with E-state index in [1.54, 1.807) is 35.1 Å². The van der Waals surface area contributed by atoms with Gasteiger partial charge in [-0.05, 0) is 32.0 Å². The predicted molar refractivity (Wildman–Crippen MR) is 90.7 cm³/mol. The number of amides is 3. The topological polar surface area (TPSA) is 71.1 Å². The summed E-state index contributed by atoms with van der Waals surface area (Å²) in [5, 5.41) is 2.87. The van der Waals surface area contributed by atoms with Crippen molar-refractivity contribution in [2.24, 2.45) is 0 Å². The third kappa shape index (κ3) is 4.10. The molecule has 0 radical (unpaired) electrons. The van der Waals surface area contributed by atoms with Crippen molar-refractivity contribution in [3.05, 3.63) is 23.8 Å². The van der Waals surface area contributed by atoms with Crippen LogP contribution in [0.4, 0.5) is 4.79 Å². The second-order valence-corrected chi connectivity index (χ2v) is 5.95. The van der Waals surface area contributed by atoms with Crippen LogP contribution in [-0.2, 0) is 0 Å². The zero-order chi connectivity index (χ0) is 17.7. The number of piperazine rings is 1. The molecule has 0 saturated carbocycles. The molecular formula is C17H25N3O4. The van der Waals surface area contributed by atoms with Gasteiger partial charge in [0.1, 0.15) is 11.5 Å². The number of nitrogens with zero attached hydrogens (tertiary/aromatic N) is 2. The highest BCUT2D eigenvalue weighted by Crippen LogP contribution is 2.25. The van der Waals surface area contributed by atoms with E-state index in [2.05, 4.69) is 5.32 Å². The first-order valence-corrected chi connectivity index (χ1v) is 8.03. The van der Waals surface area contributed by atoms with E-state index < -0.39 is 0 Å². The van der Waals surface area contributed by atoms with E-state index in [1.165, 1.54) is 7.11 Å². The molecule has 0 aliphatic carbocycles. The van der Waals surface area contributed by atoms with Gasteiger partial charge >= 0.3 is 6.03 Å². The summed E-state index contributed by atoms with van der Waals surface area (Å²) >= 11 is 0. The lowest BCUT2D eigenvalue weighted by atomic mass is 10.1. The minimum atomic E-state index is -0.116. The molecule has 1 aliphatic rings. The summed E-state index contributed by atoms with van der Waals surface area (Å²) in [5.41, 5.74) is 0.469. The molecule has 3 amide bonds. The third-order valence-corrected chi connectivity index (χ3v) is 3.90. The van der Waals surface area contributed by atoms with Crippen LogP contribution >= 0.6 is 0 Å². The monoisotopic (exact) mass is 335 g/mol. The van der Waals surface area contributed by atoms with E-state index in [1.807, 2.05) is 13.8 Å². The Labute approximate surface area is 142 Å². The molecule has 1 saturated heterocycles. The van der Waals surface area contributed by atoms with Gasteiger partial charge in [0, 0.05) is 32.2 Å². The molecule has 7 heteroatoms. The summed E-state index contributed by atoms with van der Waals surface area (Å²) in [6.07, 6.45) is 0. The molecule has 2 rings (SSSR count). The van der Waals surface area contributed by atoms with E-state index in [0.29, 0.717) is 43.2 Å².